The van der Waals surface area contributed by atoms with E-state index in [1.807, 2.05) is 26.0 Å². The Morgan fingerprint density at radius 1 is 1.00 bits per heavy atom. The van der Waals surface area contributed by atoms with Gasteiger partial charge in [-0.15, -0.1) is 0 Å². The van der Waals surface area contributed by atoms with Crippen LogP contribution < -0.4 is 9.62 Å². The standard InChI is InChI=1S/C27H35Cl2N3O4S/c1-18(2)21-12-7-8-15-25(21)32(37(4,35)36)17-26(33)31(16-22-23(28)13-9-14-24(22)29)19(3)27(34)30-20-10-5-6-11-20/h7-9,12-15,18-20H,5-6,10-11,16-17H2,1-4H3,(H,30,34)/t19-/m0/s1. The van der Waals surface area contributed by atoms with Crippen molar-refractivity contribution in [3.8, 4) is 0 Å². The second kappa shape index (κ2) is 12.5. The predicted molar refractivity (Wildman–Crippen MR) is 150 cm³/mol. The van der Waals surface area contributed by atoms with Crippen LogP contribution in [0.15, 0.2) is 42.5 Å². The second-order valence-electron chi connectivity index (χ2n) is 9.87. The largest absolute Gasteiger partial charge is 0.352 e. The summed E-state index contributed by atoms with van der Waals surface area (Å²) in [6.07, 6.45) is 4.97. The van der Waals surface area contributed by atoms with Crippen molar-refractivity contribution in [1.82, 2.24) is 10.2 Å². The van der Waals surface area contributed by atoms with Crippen LogP contribution in [0.4, 0.5) is 5.69 Å². The van der Waals surface area contributed by atoms with Crippen LogP contribution >= 0.6 is 23.2 Å². The molecule has 10 heteroatoms. The van der Waals surface area contributed by atoms with Gasteiger partial charge in [-0.3, -0.25) is 13.9 Å². The van der Waals surface area contributed by atoms with Crippen LogP contribution in [0.3, 0.4) is 0 Å². The molecule has 1 atom stereocenters. The lowest BCUT2D eigenvalue weighted by molar-refractivity contribution is -0.139. The summed E-state index contributed by atoms with van der Waals surface area (Å²) in [5.41, 5.74) is 1.73. The highest BCUT2D eigenvalue weighted by Crippen LogP contribution is 2.30. The van der Waals surface area contributed by atoms with Crippen molar-refractivity contribution in [3.05, 3.63) is 63.6 Å². The topological polar surface area (TPSA) is 86.8 Å². The average molecular weight is 569 g/mol. The van der Waals surface area contributed by atoms with E-state index in [2.05, 4.69) is 5.32 Å². The first-order chi connectivity index (χ1) is 17.4. The summed E-state index contributed by atoms with van der Waals surface area (Å²) >= 11 is 12.8. The van der Waals surface area contributed by atoms with E-state index in [1.54, 1.807) is 37.3 Å². The Morgan fingerprint density at radius 2 is 1.59 bits per heavy atom. The molecular formula is C27H35Cl2N3O4S. The molecule has 0 saturated heterocycles. The minimum atomic E-state index is -3.82. The van der Waals surface area contributed by atoms with Crippen molar-refractivity contribution in [2.24, 2.45) is 0 Å². The number of carbonyl (C=O) groups excluding carboxylic acids is 2. The molecular weight excluding hydrogens is 533 g/mol. The van der Waals surface area contributed by atoms with Crippen molar-refractivity contribution < 1.29 is 18.0 Å². The summed E-state index contributed by atoms with van der Waals surface area (Å²) in [4.78, 5) is 28.4. The van der Waals surface area contributed by atoms with Gasteiger partial charge in [0.25, 0.3) is 0 Å². The maximum Gasteiger partial charge on any atom is 0.244 e. The molecule has 1 saturated carbocycles. The fourth-order valence-corrected chi connectivity index (χ4v) is 6.01. The summed E-state index contributed by atoms with van der Waals surface area (Å²) in [7, 11) is -3.82. The number of hydrogen-bond acceptors (Lipinski definition) is 4. The zero-order chi connectivity index (χ0) is 27.3. The number of rotatable bonds is 10. The Labute approximate surface area is 230 Å². The molecule has 0 aromatic heterocycles. The van der Waals surface area contributed by atoms with E-state index in [9.17, 15) is 18.0 Å². The van der Waals surface area contributed by atoms with Crippen molar-refractivity contribution >= 4 is 50.7 Å². The fourth-order valence-electron chi connectivity index (χ4n) is 4.63. The Morgan fingerprint density at radius 3 is 2.16 bits per heavy atom. The third kappa shape index (κ3) is 7.39. The minimum absolute atomic E-state index is 0.0321. The molecule has 1 N–H and O–H groups in total. The zero-order valence-corrected chi connectivity index (χ0v) is 24.0. The van der Waals surface area contributed by atoms with Gasteiger partial charge in [0.2, 0.25) is 21.8 Å². The molecule has 3 rings (SSSR count). The first kappa shape index (κ1) is 29.3. The monoisotopic (exact) mass is 567 g/mol. The number of anilines is 1. The van der Waals surface area contributed by atoms with Gasteiger partial charge in [-0.05, 0) is 49.4 Å². The van der Waals surface area contributed by atoms with Crippen LogP contribution in [0.1, 0.15) is 63.5 Å². The number of carbonyl (C=O) groups is 2. The number of nitrogens with one attached hydrogen (secondary N) is 1. The maximum absolute atomic E-state index is 13.8. The fraction of sp³-hybridized carbons (Fsp3) is 0.481. The molecule has 1 aliphatic carbocycles. The van der Waals surface area contributed by atoms with Gasteiger partial charge in [0.1, 0.15) is 12.6 Å². The Kier molecular flexibility index (Phi) is 9.89. The highest BCUT2D eigenvalue weighted by molar-refractivity contribution is 7.92. The molecule has 2 aromatic carbocycles. The van der Waals surface area contributed by atoms with E-state index >= 15 is 0 Å². The lowest BCUT2D eigenvalue weighted by atomic mass is 10.0. The molecule has 1 aliphatic rings. The third-order valence-corrected chi connectivity index (χ3v) is 8.60. The number of para-hydroxylation sites is 1. The van der Waals surface area contributed by atoms with Crippen molar-refractivity contribution in [3.63, 3.8) is 0 Å². The van der Waals surface area contributed by atoms with Crippen molar-refractivity contribution in [2.75, 3.05) is 17.1 Å². The van der Waals surface area contributed by atoms with Crippen LogP contribution in [0.5, 0.6) is 0 Å². The zero-order valence-electron chi connectivity index (χ0n) is 21.7. The molecule has 0 unspecified atom stereocenters. The van der Waals surface area contributed by atoms with Crippen molar-refractivity contribution in [2.45, 2.75) is 71.0 Å². The first-order valence-corrected chi connectivity index (χ1v) is 15.1. The summed E-state index contributed by atoms with van der Waals surface area (Å²) in [5.74, 6) is -0.796. The smallest absolute Gasteiger partial charge is 0.244 e. The number of benzene rings is 2. The third-order valence-electron chi connectivity index (χ3n) is 6.77. The molecule has 202 valence electrons. The second-order valence-corrected chi connectivity index (χ2v) is 12.6. The quantitative estimate of drug-likeness (QED) is 0.418. The highest BCUT2D eigenvalue weighted by atomic mass is 35.5. The number of hydrogen-bond donors (Lipinski definition) is 1. The SMILES string of the molecule is CC(C)c1ccccc1N(CC(=O)N(Cc1c(Cl)cccc1Cl)[C@@H](C)C(=O)NC1CCCC1)S(C)(=O)=O. The van der Waals surface area contributed by atoms with Gasteiger partial charge in [-0.25, -0.2) is 8.42 Å². The molecule has 0 aliphatic heterocycles. The Balaban J connectivity index is 1.97. The van der Waals surface area contributed by atoms with Crippen LogP contribution in [0, 0.1) is 0 Å². The maximum atomic E-state index is 13.8. The van der Waals surface area contributed by atoms with Crippen LogP contribution in [0.25, 0.3) is 0 Å². The van der Waals surface area contributed by atoms with Crippen LogP contribution in [-0.2, 0) is 26.2 Å². The van der Waals surface area contributed by atoms with E-state index in [1.165, 1.54) is 4.90 Å². The molecule has 0 spiro atoms. The van der Waals surface area contributed by atoms with E-state index in [0.29, 0.717) is 21.3 Å². The van der Waals surface area contributed by atoms with Gasteiger partial charge in [-0.2, -0.15) is 0 Å². The number of nitrogens with zero attached hydrogens (tertiary/aromatic N) is 2. The van der Waals surface area contributed by atoms with Crippen LogP contribution in [0.2, 0.25) is 10.0 Å². The molecule has 2 aromatic rings. The summed E-state index contributed by atoms with van der Waals surface area (Å²) in [5, 5.41) is 3.76. The van der Waals surface area contributed by atoms with E-state index in [0.717, 1.165) is 41.8 Å². The number of halogens is 2. The van der Waals surface area contributed by atoms with Crippen molar-refractivity contribution in [1.29, 1.82) is 0 Å². The average Bonchev–Trinajstić information content (AvgIpc) is 3.34. The Bertz CT molecular complexity index is 1210. The molecule has 1 fully saturated rings. The lowest BCUT2D eigenvalue weighted by Crippen LogP contribution is -2.52. The summed E-state index contributed by atoms with van der Waals surface area (Å²) in [6, 6.07) is 11.3. The van der Waals surface area contributed by atoms with E-state index in [-0.39, 0.29) is 24.4 Å². The molecule has 2 amide bonds. The van der Waals surface area contributed by atoms with Gasteiger partial charge in [0, 0.05) is 28.2 Å². The lowest BCUT2D eigenvalue weighted by Gasteiger charge is -2.33. The predicted octanol–water partition coefficient (Wildman–Crippen LogP) is 5.36. The van der Waals surface area contributed by atoms with Gasteiger partial charge in [0.15, 0.2) is 0 Å². The Hall–Kier alpha value is -2.29. The molecule has 0 heterocycles. The molecule has 37 heavy (non-hydrogen) atoms. The van der Waals surface area contributed by atoms with Gasteiger partial charge in [-0.1, -0.05) is 74.2 Å². The van der Waals surface area contributed by atoms with E-state index < -0.39 is 28.5 Å². The van der Waals surface area contributed by atoms with Gasteiger partial charge < -0.3 is 10.2 Å². The van der Waals surface area contributed by atoms with E-state index in [4.69, 9.17) is 23.2 Å². The number of amides is 2. The van der Waals surface area contributed by atoms with Gasteiger partial charge >= 0.3 is 0 Å². The summed E-state index contributed by atoms with van der Waals surface area (Å²) < 4.78 is 26.9. The first-order valence-electron chi connectivity index (χ1n) is 12.5. The van der Waals surface area contributed by atoms with Gasteiger partial charge in [0.05, 0.1) is 11.9 Å². The minimum Gasteiger partial charge on any atom is -0.352 e. The summed E-state index contributed by atoms with van der Waals surface area (Å²) in [6.45, 7) is 5.05. The normalized spacial score (nSPS) is 15.0. The number of sulfonamides is 1. The molecule has 7 nitrogen and oxygen atoms in total. The van der Waals surface area contributed by atoms with Crippen LogP contribution in [-0.4, -0.2) is 50.0 Å². The molecule has 0 bridgehead atoms. The highest BCUT2D eigenvalue weighted by Gasteiger charge is 2.32. The molecule has 0 radical (unpaired) electrons.